The molecule has 1 fully saturated rings. The summed E-state index contributed by atoms with van der Waals surface area (Å²) in [5.41, 5.74) is 7.51. The van der Waals surface area contributed by atoms with E-state index in [4.69, 9.17) is 5.73 Å². The van der Waals surface area contributed by atoms with E-state index in [0.717, 1.165) is 31.8 Å². The second kappa shape index (κ2) is 5.86. The summed E-state index contributed by atoms with van der Waals surface area (Å²) in [6.45, 7) is 9.07. The highest BCUT2D eigenvalue weighted by Gasteiger charge is 2.51. The van der Waals surface area contributed by atoms with E-state index in [-0.39, 0.29) is 27.9 Å². The van der Waals surface area contributed by atoms with Crippen LogP contribution in [0.15, 0.2) is 34.8 Å². The summed E-state index contributed by atoms with van der Waals surface area (Å²) in [4.78, 5) is 24.2. The van der Waals surface area contributed by atoms with Gasteiger partial charge in [-0.2, -0.15) is 0 Å². The molecule has 3 aliphatic rings. The van der Waals surface area contributed by atoms with Gasteiger partial charge in [0.05, 0.1) is 5.70 Å². The minimum absolute atomic E-state index is 0.00736. The number of fused-ring (bicyclic) bond motifs is 1. The highest BCUT2D eigenvalue weighted by atomic mass is 16.3. The number of allylic oxidation sites excluding steroid dienone is 4. The summed E-state index contributed by atoms with van der Waals surface area (Å²) in [5, 5.41) is 10.3. The molecule has 1 saturated carbocycles. The monoisotopic (exact) mass is 343 g/mol. The molecule has 3 rings (SSSR count). The van der Waals surface area contributed by atoms with E-state index < -0.39 is 11.6 Å². The molecule has 0 aromatic heterocycles. The van der Waals surface area contributed by atoms with Crippen LogP contribution in [0.25, 0.3) is 0 Å². The Hall–Kier alpha value is -1.84. The molecule has 0 aromatic carbocycles. The lowest BCUT2D eigenvalue weighted by Gasteiger charge is -2.56. The van der Waals surface area contributed by atoms with Gasteiger partial charge in [0.2, 0.25) is 11.6 Å². The van der Waals surface area contributed by atoms with Crippen molar-refractivity contribution < 1.29 is 14.7 Å². The summed E-state index contributed by atoms with van der Waals surface area (Å²) in [7, 11) is 0. The third-order valence-electron chi connectivity index (χ3n) is 7.49. The number of Topliss-reactive ketones (excluding diaryl/α,β-unsaturated/α-hetero) is 1. The number of hydrogen-bond acceptors (Lipinski definition) is 4. The number of ketones is 2. The summed E-state index contributed by atoms with van der Waals surface area (Å²) in [6.07, 6.45) is 8.11. The number of carbonyl (C=O) groups excluding carboxylic acids is 2. The Morgan fingerprint density at radius 1 is 1.28 bits per heavy atom. The van der Waals surface area contributed by atoms with Crippen LogP contribution in [0.5, 0.6) is 0 Å². The molecule has 0 heterocycles. The van der Waals surface area contributed by atoms with Crippen LogP contribution in [0.4, 0.5) is 0 Å². The minimum atomic E-state index is -0.626. The lowest BCUT2D eigenvalue weighted by atomic mass is 9.49. The molecule has 25 heavy (non-hydrogen) atoms. The van der Waals surface area contributed by atoms with Crippen molar-refractivity contribution in [3.63, 3.8) is 0 Å². The first kappa shape index (κ1) is 18.0. The van der Waals surface area contributed by atoms with Crippen LogP contribution in [0.3, 0.4) is 0 Å². The first-order valence-corrected chi connectivity index (χ1v) is 9.26. The van der Waals surface area contributed by atoms with E-state index in [1.165, 1.54) is 5.57 Å². The standard InChI is InChI=1S/C21H29NO3/c1-12-6-5-7-15-13(2)20(3,8-9-21(12,15)4)11-14-18(24)16(22)10-17(23)19(14)25/h6,10,13,15,24H,5,7-9,11,22H2,1-4H3/t13-,15+,20-,21-/m1/s1. The normalized spacial score (nSPS) is 39.0. The van der Waals surface area contributed by atoms with Gasteiger partial charge >= 0.3 is 0 Å². The third kappa shape index (κ3) is 2.66. The van der Waals surface area contributed by atoms with Gasteiger partial charge in [-0.1, -0.05) is 32.4 Å². The van der Waals surface area contributed by atoms with Crippen LogP contribution in [0.1, 0.15) is 59.8 Å². The maximum atomic E-state index is 12.3. The van der Waals surface area contributed by atoms with Gasteiger partial charge in [0, 0.05) is 11.6 Å². The zero-order valence-corrected chi connectivity index (χ0v) is 15.7. The zero-order valence-electron chi connectivity index (χ0n) is 15.7. The Kier molecular flexibility index (Phi) is 4.21. The van der Waals surface area contributed by atoms with Gasteiger partial charge in [-0.3, -0.25) is 9.59 Å². The van der Waals surface area contributed by atoms with Crippen LogP contribution in [0, 0.1) is 22.7 Å². The second-order valence-corrected chi connectivity index (χ2v) is 8.73. The molecule has 3 N–H and O–H groups in total. The smallest absolute Gasteiger partial charge is 0.232 e. The number of nitrogens with two attached hydrogens (primary N) is 1. The SMILES string of the molecule is CC1=CCC[C@H]2[C@@H](C)[C@@](C)(CC3=C(O)C(N)=CC(=O)C3=O)CC[C@]12C. The Labute approximate surface area is 149 Å². The van der Waals surface area contributed by atoms with E-state index >= 15 is 0 Å². The van der Waals surface area contributed by atoms with Crippen molar-refractivity contribution in [3.05, 3.63) is 34.8 Å². The van der Waals surface area contributed by atoms with E-state index in [0.29, 0.717) is 18.3 Å². The molecule has 0 unspecified atom stereocenters. The van der Waals surface area contributed by atoms with Crippen molar-refractivity contribution in [3.8, 4) is 0 Å². The quantitative estimate of drug-likeness (QED) is 0.451. The van der Waals surface area contributed by atoms with Gasteiger partial charge in [-0.05, 0) is 61.7 Å². The summed E-state index contributed by atoms with van der Waals surface area (Å²) < 4.78 is 0. The molecule has 0 spiro atoms. The van der Waals surface area contributed by atoms with Crippen LogP contribution >= 0.6 is 0 Å². The molecule has 0 aliphatic heterocycles. The lowest BCUT2D eigenvalue weighted by Crippen LogP contribution is -2.48. The van der Waals surface area contributed by atoms with Crippen LogP contribution in [-0.2, 0) is 9.59 Å². The summed E-state index contributed by atoms with van der Waals surface area (Å²) in [6, 6.07) is 0. The van der Waals surface area contributed by atoms with E-state index in [1.54, 1.807) is 0 Å². The van der Waals surface area contributed by atoms with E-state index in [1.807, 2.05) is 0 Å². The molecule has 0 amide bonds. The molecule has 0 bridgehead atoms. The number of carbonyl (C=O) groups is 2. The van der Waals surface area contributed by atoms with Crippen molar-refractivity contribution in [1.29, 1.82) is 0 Å². The Morgan fingerprint density at radius 3 is 2.64 bits per heavy atom. The molecular weight excluding hydrogens is 314 g/mol. The number of rotatable bonds is 2. The fraction of sp³-hybridized carbons (Fsp3) is 0.619. The average molecular weight is 343 g/mol. The van der Waals surface area contributed by atoms with Crippen LogP contribution in [-0.4, -0.2) is 16.7 Å². The van der Waals surface area contributed by atoms with Gasteiger partial charge in [-0.25, -0.2) is 0 Å². The van der Waals surface area contributed by atoms with Gasteiger partial charge in [-0.15, -0.1) is 0 Å². The Bertz CT molecular complexity index is 729. The first-order chi connectivity index (χ1) is 11.6. The van der Waals surface area contributed by atoms with Crippen molar-refractivity contribution in [2.24, 2.45) is 28.4 Å². The molecule has 0 aromatic rings. The predicted octanol–water partition coefficient (Wildman–Crippen LogP) is 3.98. The maximum Gasteiger partial charge on any atom is 0.232 e. The van der Waals surface area contributed by atoms with Crippen molar-refractivity contribution >= 4 is 11.6 Å². The highest BCUT2D eigenvalue weighted by molar-refractivity contribution is 6.48. The molecule has 0 radical (unpaired) electrons. The van der Waals surface area contributed by atoms with Gasteiger partial charge in [0.15, 0.2) is 0 Å². The van der Waals surface area contributed by atoms with Crippen molar-refractivity contribution in [2.75, 3.05) is 0 Å². The average Bonchev–Trinajstić information content (AvgIpc) is 2.56. The summed E-state index contributed by atoms with van der Waals surface area (Å²) >= 11 is 0. The van der Waals surface area contributed by atoms with Gasteiger partial charge in [0.1, 0.15) is 5.76 Å². The molecule has 3 aliphatic carbocycles. The van der Waals surface area contributed by atoms with E-state index in [9.17, 15) is 14.7 Å². The topological polar surface area (TPSA) is 80.4 Å². The second-order valence-electron chi connectivity index (χ2n) is 8.73. The van der Waals surface area contributed by atoms with E-state index in [2.05, 4.69) is 33.8 Å². The van der Waals surface area contributed by atoms with Crippen molar-refractivity contribution in [2.45, 2.75) is 59.8 Å². The Balaban J connectivity index is 1.92. The molecular formula is C21H29NO3. The fourth-order valence-electron chi connectivity index (χ4n) is 5.29. The van der Waals surface area contributed by atoms with Crippen molar-refractivity contribution in [1.82, 2.24) is 0 Å². The first-order valence-electron chi connectivity index (χ1n) is 9.26. The maximum absolute atomic E-state index is 12.3. The van der Waals surface area contributed by atoms with Gasteiger partial charge < -0.3 is 10.8 Å². The number of aliphatic hydroxyl groups is 1. The minimum Gasteiger partial charge on any atom is -0.505 e. The predicted molar refractivity (Wildman–Crippen MR) is 97.6 cm³/mol. The largest absolute Gasteiger partial charge is 0.505 e. The highest BCUT2D eigenvalue weighted by Crippen LogP contribution is 2.60. The molecule has 4 nitrogen and oxygen atoms in total. The Morgan fingerprint density at radius 2 is 1.96 bits per heavy atom. The van der Waals surface area contributed by atoms with Crippen LogP contribution in [0.2, 0.25) is 0 Å². The van der Waals surface area contributed by atoms with Crippen LogP contribution < -0.4 is 5.73 Å². The molecule has 4 heteroatoms. The molecule has 136 valence electrons. The van der Waals surface area contributed by atoms with Gasteiger partial charge in [0.25, 0.3) is 0 Å². The third-order valence-corrected chi connectivity index (χ3v) is 7.49. The summed E-state index contributed by atoms with van der Waals surface area (Å²) in [5.74, 6) is -0.482. The number of aliphatic hydroxyl groups excluding tert-OH is 1. The molecule has 4 atom stereocenters. The number of hydrogen-bond donors (Lipinski definition) is 2. The zero-order chi connectivity index (χ0) is 18.6. The lowest BCUT2D eigenvalue weighted by molar-refractivity contribution is -0.132. The fourth-order valence-corrected chi connectivity index (χ4v) is 5.29. The molecule has 0 saturated heterocycles.